The fourth-order valence-corrected chi connectivity index (χ4v) is 3.50. The molecule has 0 radical (unpaired) electrons. The molecule has 138 valence electrons. The summed E-state index contributed by atoms with van der Waals surface area (Å²) in [7, 11) is 0. The molecule has 1 fully saturated rings. The summed E-state index contributed by atoms with van der Waals surface area (Å²) in [5, 5.41) is 0. The van der Waals surface area contributed by atoms with Gasteiger partial charge in [0.1, 0.15) is 0 Å². The molecule has 4 nitrogen and oxygen atoms in total. The van der Waals surface area contributed by atoms with Crippen LogP contribution in [-0.4, -0.2) is 24.9 Å². The number of esters is 1. The van der Waals surface area contributed by atoms with E-state index in [4.69, 9.17) is 10.5 Å². The largest absolute Gasteiger partial charge is 0.465 e. The van der Waals surface area contributed by atoms with Crippen LogP contribution in [0.4, 0.5) is 0 Å². The van der Waals surface area contributed by atoms with Gasteiger partial charge in [-0.1, -0.05) is 38.1 Å². The molecule has 25 heavy (non-hydrogen) atoms. The first-order valence-corrected chi connectivity index (χ1v) is 9.52. The van der Waals surface area contributed by atoms with Crippen LogP contribution in [0.5, 0.6) is 0 Å². The van der Waals surface area contributed by atoms with Crippen molar-refractivity contribution in [2.75, 3.05) is 13.2 Å². The van der Waals surface area contributed by atoms with Crippen LogP contribution in [0.25, 0.3) is 0 Å². The third-order valence-electron chi connectivity index (χ3n) is 5.19. The second-order valence-corrected chi connectivity index (χ2v) is 7.36. The van der Waals surface area contributed by atoms with Crippen molar-refractivity contribution in [1.82, 2.24) is 0 Å². The van der Waals surface area contributed by atoms with Crippen molar-refractivity contribution in [2.45, 2.75) is 52.4 Å². The second-order valence-electron chi connectivity index (χ2n) is 7.36. The van der Waals surface area contributed by atoms with Gasteiger partial charge in [-0.2, -0.15) is 0 Å². The second kappa shape index (κ2) is 9.71. The summed E-state index contributed by atoms with van der Waals surface area (Å²) in [6, 6.07) is 7.93. The number of hydrogen-bond donors (Lipinski definition) is 1. The number of ketones is 1. The smallest absolute Gasteiger partial charge is 0.305 e. The lowest BCUT2D eigenvalue weighted by Crippen LogP contribution is -2.25. The first-order valence-electron chi connectivity index (χ1n) is 9.52. The Kier molecular flexibility index (Phi) is 7.63. The number of nitrogens with two attached hydrogens (primary N) is 1. The van der Waals surface area contributed by atoms with Gasteiger partial charge in [-0.25, -0.2) is 0 Å². The Morgan fingerprint density at radius 1 is 1.16 bits per heavy atom. The molecule has 1 unspecified atom stereocenters. The number of ether oxygens (including phenoxy) is 1. The molecule has 0 aromatic heterocycles. The van der Waals surface area contributed by atoms with Gasteiger partial charge in [0.05, 0.1) is 6.61 Å². The Labute approximate surface area is 151 Å². The van der Waals surface area contributed by atoms with Crippen LogP contribution in [0.15, 0.2) is 24.3 Å². The highest BCUT2D eigenvalue weighted by molar-refractivity contribution is 5.97. The number of carbonyl (C=O) groups excluding carboxylic acids is 2. The molecule has 1 saturated carbocycles. The Hall–Kier alpha value is -1.68. The van der Waals surface area contributed by atoms with Crippen LogP contribution < -0.4 is 5.73 Å². The molecular formula is C21H31NO3. The maximum absolute atomic E-state index is 12.7. The van der Waals surface area contributed by atoms with Crippen molar-refractivity contribution in [2.24, 2.45) is 23.5 Å². The highest BCUT2D eigenvalue weighted by Gasteiger charge is 2.26. The fraction of sp³-hybridized carbons (Fsp3) is 0.619. The normalized spacial score (nSPS) is 21.6. The molecule has 4 heteroatoms. The lowest BCUT2D eigenvalue weighted by molar-refractivity contribution is -0.144. The average molecular weight is 345 g/mol. The molecule has 2 rings (SSSR count). The molecule has 1 atom stereocenters. The van der Waals surface area contributed by atoms with Gasteiger partial charge in [-0.05, 0) is 56.0 Å². The van der Waals surface area contributed by atoms with E-state index in [1.54, 1.807) is 6.92 Å². The Balaban J connectivity index is 1.84. The lowest BCUT2D eigenvalue weighted by Gasteiger charge is -2.26. The molecule has 1 aliphatic carbocycles. The van der Waals surface area contributed by atoms with E-state index in [0.717, 1.165) is 44.2 Å². The fourth-order valence-electron chi connectivity index (χ4n) is 3.50. The third-order valence-corrected chi connectivity index (χ3v) is 5.19. The molecule has 1 aliphatic rings. The Morgan fingerprint density at radius 3 is 2.36 bits per heavy atom. The standard InChI is InChI=1S/C21H31NO3/c1-3-20(23)25-14-15(2)12-16-4-8-18(9-5-16)21(24)19-10-6-17(13-22)7-11-19/h4-5,8-9,15,17,19H,3,6-7,10-14,22H2,1-2H3. The van der Waals surface area contributed by atoms with Crippen molar-refractivity contribution in [1.29, 1.82) is 0 Å². The first-order chi connectivity index (χ1) is 12.0. The zero-order valence-corrected chi connectivity index (χ0v) is 15.5. The van der Waals surface area contributed by atoms with E-state index in [9.17, 15) is 9.59 Å². The number of hydrogen-bond acceptors (Lipinski definition) is 4. The molecule has 1 aromatic rings. The van der Waals surface area contributed by atoms with Crippen LogP contribution >= 0.6 is 0 Å². The van der Waals surface area contributed by atoms with E-state index in [1.165, 1.54) is 5.56 Å². The third kappa shape index (κ3) is 5.96. The van der Waals surface area contributed by atoms with E-state index >= 15 is 0 Å². The summed E-state index contributed by atoms with van der Waals surface area (Å²) in [5.74, 6) is 1.13. The van der Waals surface area contributed by atoms with Gasteiger partial charge in [-0.15, -0.1) is 0 Å². The molecule has 0 aliphatic heterocycles. The summed E-state index contributed by atoms with van der Waals surface area (Å²) in [5.41, 5.74) is 7.71. The molecule has 0 heterocycles. The maximum atomic E-state index is 12.7. The van der Waals surface area contributed by atoms with E-state index in [2.05, 4.69) is 6.92 Å². The highest BCUT2D eigenvalue weighted by Crippen LogP contribution is 2.30. The lowest BCUT2D eigenvalue weighted by atomic mass is 9.78. The summed E-state index contributed by atoms with van der Waals surface area (Å²) >= 11 is 0. The predicted molar refractivity (Wildman–Crippen MR) is 99.4 cm³/mol. The van der Waals surface area contributed by atoms with Crippen molar-refractivity contribution in [3.63, 3.8) is 0 Å². The van der Waals surface area contributed by atoms with E-state index in [1.807, 2.05) is 24.3 Å². The van der Waals surface area contributed by atoms with Gasteiger partial charge >= 0.3 is 5.97 Å². The topological polar surface area (TPSA) is 69.4 Å². The van der Waals surface area contributed by atoms with Gasteiger partial charge in [0.15, 0.2) is 5.78 Å². The Morgan fingerprint density at radius 2 is 1.80 bits per heavy atom. The van der Waals surface area contributed by atoms with Crippen molar-refractivity contribution in [3.8, 4) is 0 Å². The van der Waals surface area contributed by atoms with E-state index < -0.39 is 0 Å². The number of carbonyl (C=O) groups is 2. The molecule has 0 amide bonds. The van der Waals surface area contributed by atoms with Crippen LogP contribution in [0.3, 0.4) is 0 Å². The molecular weight excluding hydrogens is 314 g/mol. The minimum absolute atomic E-state index is 0.154. The molecule has 1 aromatic carbocycles. The van der Waals surface area contributed by atoms with Crippen LogP contribution in [0.2, 0.25) is 0 Å². The maximum Gasteiger partial charge on any atom is 0.305 e. The number of benzene rings is 1. The highest BCUT2D eigenvalue weighted by atomic mass is 16.5. The predicted octanol–water partition coefficient (Wildman–Crippen LogP) is 3.77. The van der Waals surface area contributed by atoms with Crippen LogP contribution in [0.1, 0.15) is 61.9 Å². The van der Waals surface area contributed by atoms with Crippen LogP contribution in [0, 0.1) is 17.8 Å². The number of Topliss-reactive ketones (excluding diaryl/α,β-unsaturated/α-hetero) is 1. The van der Waals surface area contributed by atoms with E-state index in [-0.39, 0.29) is 23.6 Å². The Bertz CT molecular complexity index is 559. The summed E-state index contributed by atoms with van der Waals surface area (Å²) in [4.78, 5) is 23.9. The summed E-state index contributed by atoms with van der Waals surface area (Å²) in [6.07, 6.45) is 5.31. The van der Waals surface area contributed by atoms with Crippen molar-refractivity contribution >= 4 is 11.8 Å². The zero-order chi connectivity index (χ0) is 18.2. The summed E-state index contributed by atoms with van der Waals surface area (Å²) < 4.78 is 5.18. The van der Waals surface area contributed by atoms with Gasteiger partial charge in [0.2, 0.25) is 0 Å². The van der Waals surface area contributed by atoms with Crippen LogP contribution in [-0.2, 0) is 16.0 Å². The van der Waals surface area contributed by atoms with Crippen molar-refractivity contribution in [3.05, 3.63) is 35.4 Å². The summed E-state index contributed by atoms with van der Waals surface area (Å²) in [6.45, 7) is 5.04. The quantitative estimate of drug-likeness (QED) is 0.575. The van der Waals surface area contributed by atoms with E-state index in [0.29, 0.717) is 18.9 Å². The van der Waals surface area contributed by atoms with Crippen molar-refractivity contribution < 1.29 is 14.3 Å². The molecule has 2 N–H and O–H groups in total. The van der Waals surface area contributed by atoms with Gasteiger partial charge < -0.3 is 10.5 Å². The monoisotopic (exact) mass is 345 g/mol. The van der Waals surface area contributed by atoms with Gasteiger partial charge in [0, 0.05) is 17.9 Å². The average Bonchev–Trinajstić information content (AvgIpc) is 2.66. The zero-order valence-electron chi connectivity index (χ0n) is 15.5. The minimum atomic E-state index is -0.155. The van der Waals surface area contributed by atoms with Gasteiger partial charge in [-0.3, -0.25) is 9.59 Å². The first kappa shape index (κ1) is 19.6. The molecule has 0 saturated heterocycles. The molecule has 0 bridgehead atoms. The van der Waals surface area contributed by atoms with Gasteiger partial charge in [0.25, 0.3) is 0 Å². The SMILES string of the molecule is CCC(=O)OCC(C)Cc1ccc(C(=O)C2CCC(CN)CC2)cc1. The minimum Gasteiger partial charge on any atom is -0.465 e. The number of rotatable bonds is 8. The molecule has 0 spiro atoms.